The van der Waals surface area contributed by atoms with Crippen LogP contribution in [0.15, 0.2) is 48.5 Å². The Labute approximate surface area is 154 Å². The molecule has 0 aliphatic carbocycles. The predicted molar refractivity (Wildman–Crippen MR) is 104 cm³/mol. The number of hydrogen-bond acceptors (Lipinski definition) is 4. The molecule has 138 valence electrons. The third kappa shape index (κ3) is 5.84. The van der Waals surface area contributed by atoms with Crippen molar-refractivity contribution >= 4 is 17.7 Å². The summed E-state index contributed by atoms with van der Waals surface area (Å²) in [5.74, 6) is 1.86. The van der Waals surface area contributed by atoms with Crippen molar-refractivity contribution in [1.29, 1.82) is 0 Å². The quantitative estimate of drug-likeness (QED) is 0.671. The first-order chi connectivity index (χ1) is 12.7. The minimum absolute atomic E-state index is 0.220. The molecule has 5 heteroatoms. The highest BCUT2D eigenvalue weighted by Gasteiger charge is 2.06. The molecule has 5 nitrogen and oxygen atoms in total. The van der Waals surface area contributed by atoms with Crippen LogP contribution < -0.4 is 19.5 Å². The second-order valence-electron chi connectivity index (χ2n) is 5.54. The molecule has 1 amide bonds. The number of hydrogen-bond donors (Lipinski definition) is 1. The van der Waals surface area contributed by atoms with E-state index in [4.69, 9.17) is 14.2 Å². The van der Waals surface area contributed by atoms with Gasteiger partial charge in [-0.2, -0.15) is 0 Å². The van der Waals surface area contributed by atoms with E-state index in [0.717, 1.165) is 12.0 Å². The highest BCUT2D eigenvalue weighted by molar-refractivity contribution is 6.02. The monoisotopic (exact) mass is 355 g/mol. The molecule has 26 heavy (non-hydrogen) atoms. The van der Waals surface area contributed by atoms with E-state index in [2.05, 4.69) is 12.2 Å². The molecular weight excluding hydrogens is 330 g/mol. The zero-order valence-corrected chi connectivity index (χ0v) is 15.5. The molecule has 2 aromatic carbocycles. The van der Waals surface area contributed by atoms with Crippen molar-refractivity contribution < 1.29 is 19.0 Å². The smallest absolute Gasteiger partial charge is 0.248 e. The molecular formula is C21H25NO4. The summed E-state index contributed by atoms with van der Waals surface area (Å²) in [4.78, 5) is 12.1. The average molecular weight is 355 g/mol. The van der Waals surface area contributed by atoms with E-state index < -0.39 is 0 Å². The largest absolute Gasteiger partial charge is 0.497 e. The molecule has 0 radical (unpaired) electrons. The normalized spacial score (nSPS) is 10.6. The zero-order valence-electron chi connectivity index (χ0n) is 15.5. The van der Waals surface area contributed by atoms with Crippen molar-refractivity contribution in [3.63, 3.8) is 0 Å². The number of methoxy groups -OCH3 is 1. The van der Waals surface area contributed by atoms with Gasteiger partial charge in [0.25, 0.3) is 0 Å². The first-order valence-corrected chi connectivity index (χ1v) is 8.69. The fourth-order valence-electron chi connectivity index (χ4n) is 2.28. The van der Waals surface area contributed by atoms with Crippen LogP contribution in [0.5, 0.6) is 17.2 Å². The summed E-state index contributed by atoms with van der Waals surface area (Å²) in [6, 6.07) is 12.8. The summed E-state index contributed by atoms with van der Waals surface area (Å²) in [6.07, 6.45) is 4.15. The molecule has 0 heterocycles. The average Bonchev–Trinajstić information content (AvgIpc) is 2.66. The van der Waals surface area contributed by atoms with Crippen LogP contribution in [0, 0.1) is 0 Å². The SMILES string of the molecule is CCCOc1ccc(/C=C/C(=O)Nc2cccc(OC)c2)cc1OCC. The lowest BCUT2D eigenvalue weighted by atomic mass is 10.2. The number of nitrogens with one attached hydrogen (secondary N) is 1. The van der Waals surface area contributed by atoms with Gasteiger partial charge in [0, 0.05) is 17.8 Å². The molecule has 0 saturated heterocycles. The highest BCUT2D eigenvalue weighted by atomic mass is 16.5. The summed E-state index contributed by atoms with van der Waals surface area (Å²) in [7, 11) is 1.59. The molecule has 0 atom stereocenters. The predicted octanol–water partition coefficient (Wildman–Crippen LogP) is 4.53. The topological polar surface area (TPSA) is 56.8 Å². The van der Waals surface area contributed by atoms with Crippen molar-refractivity contribution in [3.05, 3.63) is 54.1 Å². The lowest BCUT2D eigenvalue weighted by Gasteiger charge is -2.12. The second kappa shape index (κ2) is 10.1. The molecule has 0 saturated carbocycles. The van der Waals surface area contributed by atoms with Gasteiger partial charge in [0.2, 0.25) is 5.91 Å². The second-order valence-corrected chi connectivity index (χ2v) is 5.54. The van der Waals surface area contributed by atoms with Crippen LogP contribution in [0.1, 0.15) is 25.8 Å². The first-order valence-electron chi connectivity index (χ1n) is 8.69. The maximum atomic E-state index is 12.1. The van der Waals surface area contributed by atoms with Gasteiger partial charge in [-0.1, -0.05) is 19.1 Å². The Morgan fingerprint density at radius 1 is 1.08 bits per heavy atom. The number of carbonyl (C=O) groups is 1. The van der Waals surface area contributed by atoms with Gasteiger partial charge in [-0.3, -0.25) is 4.79 Å². The zero-order chi connectivity index (χ0) is 18.8. The van der Waals surface area contributed by atoms with E-state index in [-0.39, 0.29) is 5.91 Å². The van der Waals surface area contributed by atoms with Crippen LogP contribution in [0.4, 0.5) is 5.69 Å². The van der Waals surface area contributed by atoms with Gasteiger partial charge >= 0.3 is 0 Å². The Morgan fingerprint density at radius 3 is 2.65 bits per heavy atom. The standard InChI is InChI=1S/C21H25NO4/c1-4-13-26-19-11-9-16(14-20(19)25-5-2)10-12-21(23)22-17-7-6-8-18(15-17)24-3/h6-12,14-15H,4-5,13H2,1-3H3,(H,22,23)/b12-10+. The maximum Gasteiger partial charge on any atom is 0.248 e. The van der Waals surface area contributed by atoms with E-state index in [1.54, 1.807) is 25.3 Å². The first kappa shape index (κ1) is 19.4. The number of carbonyl (C=O) groups excluding carboxylic acids is 1. The molecule has 0 aliphatic heterocycles. The summed E-state index contributed by atoms with van der Waals surface area (Å²) >= 11 is 0. The molecule has 0 bridgehead atoms. The summed E-state index contributed by atoms with van der Waals surface area (Å²) in [6.45, 7) is 5.16. The number of rotatable bonds is 9. The van der Waals surface area contributed by atoms with E-state index in [0.29, 0.717) is 36.1 Å². The fraction of sp³-hybridized carbons (Fsp3) is 0.286. The lowest BCUT2D eigenvalue weighted by molar-refractivity contribution is -0.111. The molecule has 0 unspecified atom stereocenters. The Hall–Kier alpha value is -2.95. The summed E-state index contributed by atoms with van der Waals surface area (Å²) < 4.78 is 16.5. The Morgan fingerprint density at radius 2 is 1.92 bits per heavy atom. The van der Waals surface area contributed by atoms with Crippen molar-refractivity contribution in [3.8, 4) is 17.2 Å². The molecule has 0 aliphatic rings. The Balaban J connectivity index is 2.05. The summed E-state index contributed by atoms with van der Waals surface area (Å²) in [5.41, 5.74) is 1.54. The number of amides is 1. The van der Waals surface area contributed by atoms with Crippen LogP contribution in [0.2, 0.25) is 0 Å². The molecule has 2 rings (SSSR count). The highest BCUT2D eigenvalue weighted by Crippen LogP contribution is 2.29. The maximum absolute atomic E-state index is 12.1. The molecule has 1 N–H and O–H groups in total. The van der Waals surface area contributed by atoms with Crippen molar-refractivity contribution in [2.24, 2.45) is 0 Å². The number of benzene rings is 2. The van der Waals surface area contributed by atoms with Crippen LogP contribution in [0.25, 0.3) is 6.08 Å². The van der Waals surface area contributed by atoms with Gasteiger partial charge < -0.3 is 19.5 Å². The number of anilines is 1. The molecule has 2 aromatic rings. The van der Waals surface area contributed by atoms with Gasteiger partial charge in [0.15, 0.2) is 11.5 Å². The van der Waals surface area contributed by atoms with Crippen LogP contribution in [-0.2, 0) is 4.79 Å². The molecule has 0 fully saturated rings. The van der Waals surface area contributed by atoms with Crippen molar-refractivity contribution in [1.82, 2.24) is 0 Å². The van der Waals surface area contributed by atoms with Gasteiger partial charge in [-0.05, 0) is 49.2 Å². The Bertz CT molecular complexity index is 755. The van der Waals surface area contributed by atoms with E-state index in [1.807, 2.05) is 37.3 Å². The minimum Gasteiger partial charge on any atom is -0.497 e. The van der Waals surface area contributed by atoms with Gasteiger partial charge in [-0.15, -0.1) is 0 Å². The van der Waals surface area contributed by atoms with Crippen LogP contribution >= 0.6 is 0 Å². The van der Waals surface area contributed by atoms with Gasteiger partial charge in [0.1, 0.15) is 5.75 Å². The summed E-state index contributed by atoms with van der Waals surface area (Å²) in [5, 5.41) is 2.80. The third-order valence-corrected chi connectivity index (χ3v) is 3.49. The van der Waals surface area contributed by atoms with Crippen LogP contribution in [-0.4, -0.2) is 26.2 Å². The van der Waals surface area contributed by atoms with Crippen LogP contribution in [0.3, 0.4) is 0 Å². The van der Waals surface area contributed by atoms with E-state index >= 15 is 0 Å². The molecule has 0 spiro atoms. The van der Waals surface area contributed by atoms with E-state index in [1.165, 1.54) is 6.08 Å². The fourth-order valence-corrected chi connectivity index (χ4v) is 2.28. The van der Waals surface area contributed by atoms with Gasteiger partial charge in [0.05, 0.1) is 20.3 Å². The lowest BCUT2D eigenvalue weighted by Crippen LogP contribution is -2.07. The van der Waals surface area contributed by atoms with E-state index in [9.17, 15) is 4.79 Å². The minimum atomic E-state index is -0.220. The van der Waals surface area contributed by atoms with Crippen molar-refractivity contribution in [2.45, 2.75) is 20.3 Å². The molecule has 0 aromatic heterocycles. The number of ether oxygens (including phenoxy) is 3. The Kier molecular flexibility index (Phi) is 7.55. The van der Waals surface area contributed by atoms with Crippen molar-refractivity contribution in [2.75, 3.05) is 25.6 Å². The third-order valence-electron chi connectivity index (χ3n) is 3.49. The van der Waals surface area contributed by atoms with Gasteiger partial charge in [-0.25, -0.2) is 0 Å².